The van der Waals surface area contributed by atoms with Crippen LogP contribution in [0.25, 0.3) is 11.4 Å². The highest BCUT2D eigenvalue weighted by molar-refractivity contribution is 6.30. The molecule has 0 spiro atoms. The molecule has 5 rings (SSSR count). The molecule has 0 aliphatic carbocycles. The largest absolute Gasteiger partial charge is 0.385 e. The Morgan fingerprint density at radius 3 is 1.97 bits per heavy atom. The van der Waals surface area contributed by atoms with E-state index in [-0.39, 0.29) is 49.2 Å². The summed E-state index contributed by atoms with van der Waals surface area (Å²) in [5.74, 6) is 0.699. The minimum atomic E-state index is -0.789. The van der Waals surface area contributed by atoms with E-state index in [1.165, 1.54) is 11.1 Å². The molecule has 2 unspecified atom stereocenters. The number of nitrogens with zero attached hydrogens (tertiary/aromatic N) is 2. The number of piperazine rings is 1. The highest BCUT2D eigenvalue weighted by atomic mass is 35.5. The Balaban J connectivity index is 0.00000169. The average molecular weight is 596 g/mol. The Hall–Kier alpha value is -2.09. The first kappa shape index (κ1) is 32.1. The average Bonchev–Trinajstić information content (AvgIpc) is 3.30. The molecule has 1 aliphatic rings. The van der Waals surface area contributed by atoms with E-state index in [4.69, 9.17) is 16.6 Å². The number of aryl methyl sites for hydroxylation is 1. The highest BCUT2D eigenvalue weighted by Gasteiger charge is 2.38. The summed E-state index contributed by atoms with van der Waals surface area (Å²) < 4.78 is 0. The van der Waals surface area contributed by atoms with Crippen molar-refractivity contribution in [3.8, 4) is 11.4 Å². The fourth-order valence-electron chi connectivity index (χ4n) is 5.18. The predicted octanol–water partition coefficient (Wildman–Crippen LogP) is 6.44. The van der Waals surface area contributed by atoms with Gasteiger partial charge in [0, 0.05) is 48.4 Å². The second-order valence-electron chi connectivity index (χ2n) is 9.13. The van der Waals surface area contributed by atoms with Crippen molar-refractivity contribution in [2.45, 2.75) is 25.0 Å². The van der Waals surface area contributed by atoms with Crippen molar-refractivity contribution in [3.63, 3.8) is 0 Å². The number of nitrogens with one attached hydrogen (secondary N) is 2. The van der Waals surface area contributed by atoms with Gasteiger partial charge >= 0.3 is 0 Å². The number of rotatable bonds is 7. The van der Waals surface area contributed by atoms with Crippen LogP contribution < -0.4 is 5.32 Å². The molecule has 3 aromatic carbocycles. The van der Waals surface area contributed by atoms with Crippen LogP contribution in [0, 0.1) is 6.92 Å². The lowest BCUT2D eigenvalue weighted by Crippen LogP contribution is -2.52. The Kier molecular flexibility index (Phi) is 12.6. The minimum absolute atomic E-state index is 0. The van der Waals surface area contributed by atoms with Gasteiger partial charge in [-0.05, 0) is 30.2 Å². The molecule has 1 saturated heterocycles. The zero-order valence-electron chi connectivity index (χ0n) is 21.1. The second kappa shape index (κ2) is 14.9. The number of aliphatic hydroxyl groups excluding tert-OH is 1. The highest BCUT2D eigenvalue weighted by Crippen LogP contribution is 2.38. The Morgan fingerprint density at radius 1 is 0.842 bits per heavy atom. The SMILES string of the molecule is Cc1[nH]c(-c2cccc(Cl)c2)nc1C(O)C(C(c1ccccc1)c1ccccc1)N1CCNCC1.Cl.Cl.Cl. The number of aliphatic hydroxyl groups is 1. The molecular weight excluding hydrogens is 562 g/mol. The van der Waals surface area contributed by atoms with Crippen LogP contribution >= 0.6 is 48.8 Å². The third-order valence-electron chi connectivity index (χ3n) is 6.86. The summed E-state index contributed by atoms with van der Waals surface area (Å²) in [7, 11) is 0. The molecule has 4 aromatic rings. The van der Waals surface area contributed by atoms with Gasteiger partial charge in [-0.2, -0.15) is 0 Å². The molecule has 2 atom stereocenters. The van der Waals surface area contributed by atoms with Crippen LogP contribution in [0.3, 0.4) is 0 Å². The van der Waals surface area contributed by atoms with Crippen molar-refractivity contribution in [1.29, 1.82) is 0 Å². The first-order chi connectivity index (χ1) is 17.1. The van der Waals surface area contributed by atoms with E-state index in [0.717, 1.165) is 37.4 Å². The fraction of sp³-hybridized carbons (Fsp3) is 0.276. The molecule has 204 valence electrons. The van der Waals surface area contributed by atoms with E-state index < -0.39 is 6.10 Å². The van der Waals surface area contributed by atoms with Gasteiger partial charge in [-0.3, -0.25) is 4.90 Å². The smallest absolute Gasteiger partial charge is 0.137 e. The number of benzene rings is 3. The standard InChI is InChI=1S/C29H31ClN4O.3ClH/c1-20-26(33-29(32-20)23-13-8-14-24(30)19-23)28(35)27(34-17-15-31-16-18-34)25(21-9-4-2-5-10-21)22-11-6-3-7-12-22;;;/h2-14,19,25,27-28,31,35H,15-18H2,1H3,(H,32,33);3*1H. The van der Waals surface area contributed by atoms with E-state index in [1.54, 1.807) is 0 Å². The van der Waals surface area contributed by atoms with Gasteiger partial charge in [-0.1, -0.05) is 84.4 Å². The summed E-state index contributed by atoms with van der Waals surface area (Å²) in [5.41, 5.74) is 4.82. The Bertz CT molecular complexity index is 1210. The molecule has 0 amide bonds. The number of aromatic nitrogens is 2. The van der Waals surface area contributed by atoms with Gasteiger partial charge in [0.25, 0.3) is 0 Å². The molecular formula is C29H34Cl4N4O. The summed E-state index contributed by atoms with van der Waals surface area (Å²) in [6.07, 6.45) is -0.789. The lowest BCUT2D eigenvalue weighted by molar-refractivity contribution is 0.0295. The van der Waals surface area contributed by atoms with Crippen LogP contribution in [0.15, 0.2) is 84.9 Å². The van der Waals surface area contributed by atoms with Crippen molar-refractivity contribution in [2.24, 2.45) is 0 Å². The van der Waals surface area contributed by atoms with Gasteiger partial charge in [0.1, 0.15) is 11.9 Å². The van der Waals surface area contributed by atoms with Gasteiger partial charge in [0.15, 0.2) is 0 Å². The van der Waals surface area contributed by atoms with Crippen molar-refractivity contribution < 1.29 is 5.11 Å². The van der Waals surface area contributed by atoms with E-state index in [1.807, 2.05) is 43.3 Å². The zero-order valence-corrected chi connectivity index (χ0v) is 24.3. The normalized spacial score (nSPS) is 15.1. The van der Waals surface area contributed by atoms with Gasteiger partial charge < -0.3 is 15.4 Å². The van der Waals surface area contributed by atoms with Crippen LogP contribution in [0.1, 0.15) is 34.5 Å². The molecule has 38 heavy (non-hydrogen) atoms. The Morgan fingerprint density at radius 2 is 1.42 bits per heavy atom. The molecule has 0 saturated carbocycles. The first-order valence-corrected chi connectivity index (χ1v) is 12.5. The molecule has 5 nitrogen and oxygen atoms in total. The fourth-order valence-corrected chi connectivity index (χ4v) is 5.37. The maximum absolute atomic E-state index is 12.1. The van der Waals surface area contributed by atoms with Gasteiger partial charge in [0.2, 0.25) is 0 Å². The number of hydrogen-bond donors (Lipinski definition) is 3. The lowest BCUT2D eigenvalue weighted by atomic mass is 9.80. The first-order valence-electron chi connectivity index (χ1n) is 12.2. The van der Waals surface area contributed by atoms with E-state index >= 15 is 0 Å². The molecule has 0 radical (unpaired) electrons. The topological polar surface area (TPSA) is 64.2 Å². The second-order valence-corrected chi connectivity index (χ2v) is 9.56. The predicted molar refractivity (Wildman–Crippen MR) is 163 cm³/mol. The number of hydrogen-bond acceptors (Lipinski definition) is 4. The third-order valence-corrected chi connectivity index (χ3v) is 7.09. The summed E-state index contributed by atoms with van der Waals surface area (Å²) >= 11 is 6.23. The summed E-state index contributed by atoms with van der Waals surface area (Å²) in [6.45, 7) is 5.50. The number of halogens is 4. The molecule has 3 N–H and O–H groups in total. The van der Waals surface area contributed by atoms with Crippen molar-refractivity contribution in [2.75, 3.05) is 26.2 Å². The van der Waals surface area contributed by atoms with Crippen LogP contribution in [0.2, 0.25) is 5.02 Å². The van der Waals surface area contributed by atoms with Crippen LogP contribution in [-0.4, -0.2) is 52.2 Å². The summed E-state index contributed by atoms with van der Waals surface area (Å²) in [4.78, 5) is 10.7. The zero-order chi connectivity index (χ0) is 24.2. The summed E-state index contributed by atoms with van der Waals surface area (Å²) in [6, 6.07) is 28.5. The Labute approximate surface area is 248 Å². The molecule has 1 aliphatic heterocycles. The molecule has 1 aromatic heterocycles. The maximum atomic E-state index is 12.1. The monoisotopic (exact) mass is 594 g/mol. The van der Waals surface area contributed by atoms with Crippen LogP contribution in [0.5, 0.6) is 0 Å². The molecule has 2 heterocycles. The maximum Gasteiger partial charge on any atom is 0.137 e. The van der Waals surface area contributed by atoms with Crippen molar-refractivity contribution in [1.82, 2.24) is 20.2 Å². The van der Waals surface area contributed by atoms with Crippen LogP contribution in [0.4, 0.5) is 0 Å². The number of aromatic amines is 1. The quantitative estimate of drug-likeness (QED) is 0.230. The molecule has 9 heteroatoms. The van der Waals surface area contributed by atoms with Gasteiger partial charge in [-0.15, -0.1) is 37.2 Å². The van der Waals surface area contributed by atoms with E-state index in [0.29, 0.717) is 16.5 Å². The van der Waals surface area contributed by atoms with Gasteiger partial charge in [-0.25, -0.2) is 4.98 Å². The van der Waals surface area contributed by atoms with E-state index in [9.17, 15) is 5.11 Å². The summed E-state index contributed by atoms with van der Waals surface area (Å²) in [5, 5.41) is 16.2. The lowest BCUT2D eigenvalue weighted by Gasteiger charge is -2.42. The minimum Gasteiger partial charge on any atom is -0.385 e. The number of H-pyrrole nitrogens is 1. The van der Waals surface area contributed by atoms with Crippen LogP contribution in [-0.2, 0) is 0 Å². The van der Waals surface area contributed by atoms with E-state index in [2.05, 4.69) is 63.7 Å². The molecule has 0 bridgehead atoms. The number of imidazole rings is 1. The van der Waals surface area contributed by atoms with Crippen molar-refractivity contribution in [3.05, 3.63) is 112 Å². The van der Waals surface area contributed by atoms with Gasteiger partial charge in [0.05, 0.1) is 11.7 Å². The third kappa shape index (κ3) is 7.10. The molecule has 1 fully saturated rings. The van der Waals surface area contributed by atoms with Crippen molar-refractivity contribution >= 4 is 48.8 Å².